The van der Waals surface area contributed by atoms with Crippen LogP contribution in [0.4, 0.5) is 0 Å². The number of hydrogen-bond donors (Lipinski definition) is 2. The van der Waals surface area contributed by atoms with Crippen molar-refractivity contribution in [2.75, 3.05) is 7.11 Å². The van der Waals surface area contributed by atoms with Crippen molar-refractivity contribution in [2.24, 2.45) is 0 Å². The van der Waals surface area contributed by atoms with Crippen molar-refractivity contribution in [3.63, 3.8) is 0 Å². The van der Waals surface area contributed by atoms with Crippen LogP contribution in [-0.4, -0.2) is 31.2 Å². The molecule has 9 heteroatoms. The minimum atomic E-state index is -3.92. The van der Waals surface area contributed by atoms with Gasteiger partial charge in [-0.3, -0.25) is 4.79 Å². The lowest BCUT2D eigenvalue weighted by Crippen LogP contribution is -2.25. The second-order valence-corrected chi connectivity index (χ2v) is 8.17. The van der Waals surface area contributed by atoms with E-state index >= 15 is 0 Å². The Morgan fingerprint density at radius 2 is 1.93 bits per heavy atom. The van der Waals surface area contributed by atoms with Crippen molar-refractivity contribution in [1.82, 2.24) is 9.29 Å². The zero-order valence-electron chi connectivity index (χ0n) is 15.5. The third-order valence-corrected chi connectivity index (χ3v) is 5.85. The SMILES string of the molecule is COc1ccc2c(c1)cc(CNS(=O)(=O)c1cc3ccccc3o1)n2CC(=O)O. The first-order chi connectivity index (χ1) is 13.9. The molecule has 2 heterocycles. The van der Waals surface area contributed by atoms with Gasteiger partial charge >= 0.3 is 5.97 Å². The summed E-state index contributed by atoms with van der Waals surface area (Å²) in [6.07, 6.45) is 0. The highest BCUT2D eigenvalue weighted by Gasteiger charge is 2.21. The van der Waals surface area contributed by atoms with Crippen LogP contribution in [0.15, 0.2) is 64.1 Å². The van der Waals surface area contributed by atoms with Crippen LogP contribution >= 0.6 is 0 Å². The van der Waals surface area contributed by atoms with Gasteiger partial charge in [-0.05, 0) is 30.3 Å². The Morgan fingerprint density at radius 3 is 2.66 bits per heavy atom. The van der Waals surface area contributed by atoms with E-state index in [-0.39, 0.29) is 18.2 Å². The van der Waals surface area contributed by atoms with E-state index < -0.39 is 16.0 Å². The van der Waals surface area contributed by atoms with Gasteiger partial charge in [0, 0.05) is 28.0 Å². The molecule has 0 bridgehead atoms. The van der Waals surface area contributed by atoms with E-state index in [4.69, 9.17) is 9.15 Å². The number of carbonyl (C=O) groups is 1. The molecule has 2 N–H and O–H groups in total. The molecule has 0 radical (unpaired) electrons. The third-order valence-electron chi connectivity index (χ3n) is 4.60. The molecule has 0 aliphatic carbocycles. The maximum Gasteiger partial charge on any atom is 0.323 e. The molecule has 2 aromatic carbocycles. The van der Waals surface area contributed by atoms with Crippen molar-refractivity contribution in [1.29, 1.82) is 0 Å². The van der Waals surface area contributed by atoms with Crippen molar-refractivity contribution in [3.05, 3.63) is 60.3 Å². The second-order valence-electron chi connectivity index (χ2n) is 6.47. The smallest absolute Gasteiger partial charge is 0.323 e. The fourth-order valence-corrected chi connectivity index (χ4v) is 4.19. The van der Waals surface area contributed by atoms with Gasteiger partial charge in [0.2, 0.25) is 5.09 Å². The van der Waals surface area contributed by atoms with E-state index in [2.05, 4.69) is 4.72 Å². The van der Waals surface area contributed by atoms with E-state index in [1.165, 1.54) is 13.2 Å². The Balaban J connectivity index is 1.66. The molecule has 4 rings (SSSR count). The summed E-state index contributed by atoms with van der Waals surface area (Å²) in [6.45, 7) is -0.388. The molecule has 0 unspecified atom stereocenters. The zero-order chi connectivity index (χ0) is 20.6. The molecular weight excluding hydrogens is 396 g/mol. The minimum absolute atomic E-state index is 0.0936. The van der Waals surface area contributed by atoms with Crippen LogP contribution in [0.1, 0.15) is 5.69 Å². The lowest BCUT2D eigenvalue weighted by molar-refractivity contribution is -0.137. The quantitative estimate of drug-likeness (QED) is 0.481. The molecule has 150 valence electrons. The van der Waals surface area contributed by atoms with Crippen molar-refractivity contribution in [2.45, 2.75) is 18.2 Å². The topological polar surface area (TPSA) is 111 Å². The number of aliphatic carboxylic acids is 1. The summed E-state index contributed by atoms with van der Waals surface area (Å²) in [5.41, 5.74) is 1.65. The Bertz CT molecular complexity index is 1290. The predicted molar refractivity (Wildman–Crippen MR) is 106 cm³/mol. The molecule has 8 nitrogen and oxygen atoms in total. The van der Waals surface area contributed by atoms with Gasteiger partial charge in [-0.25, -0.2) is 13.1 Å². The van der Waals surface area contributed by atoms with Crippen molar-refractivity contribution < 1.29 is 27.5 Å². The number of hydrogen-bond acceptors (Lipinski definition) is 5. The standard InChI is InChI=1S/C20H18N2O6S/c1-27-16-6-7-17-14(9-16)8-15(22(17)12-19(23)24)11-21-29(25,26)20-10-13-4-2-3-5-18(13)28-20/h2-10,21H,11-12H2,1H3,(H,23,24). The molecule has 4 aromatic rings. The van der Waals surface area contributed by atoms with Gasteiger partial charge in [-0.15, -0.1) is 0 Å². The summed E-state index contributed by atoms with van der Waals surface area (Å²) < 4.78 is 40.0. The number of furan rings is 1. The lowest BCUT2D eigenvalue weighted by atomic mass is 10.2. The number of aromatic nitrogens is 1. The number of methoxy groups -OCH3 is 1. The maximum absolute atomic E-state index is 12.7. The van der Waals surface area contributed by atoms with Crippen molar-refractivity contribution >= 4 is 37.9 Å². The number of nitrogens with one attached hydrogen (secondary N) is 1. The summed E-state index contributed by atoms with van der Waals surface area (Å²) in [4.78, 5) is 11.3. The molecular formula is C20H18N2O6S. The molecule has 0 atom stereocenters. The number of carboxylic acids is 1. The predicted octanol–water partition coefficient (Wildman–Crippen LogP) is 2.96. The summed E-state index contributed by atoms with van der Waals surface area (Å²) in [6, 6.07) is 15.4. The molecule has 29 heavy (non-hydrogen) atoms. The van der Waals surface area contributed by atoms with Crippen molar-refractivity contribution in [3.8, 4) is 5.75 Å². The first kappa shape index (κ1) is 19.0. The van der Waals surface area contributed by atoms with Crippen LogP contribution in [0.25, 0.3) is 21.9 Å². The Kier molecular flexibility index (Phi) is 4.77. The first-order valence-electron chi connectivity index (χ1n) is 8.73. The number of benzene rings is 2. The Hall–Kier alpha value is -3.30. The van der Waals surface area contributed by atoms with E-state index in [1.54, 1.807) is 53.1 Å². The van der Waals surface area contributed by atoms with E-state index in [0.29, 0.717) is 27.9 Å². The third kappa shape index (κ3) is 3.69. The number of fused-ring (bicyclic) bond motifs is 2. The monoisotopic (exact) mass is 414 g/mol. The van der Waals surface area contributed by atoms with Crippen LogP contribution in [0.3, 0.4) is 0 Å². The fourth-order valence-electron chi connectivity index (χ4n) is 3.23. The average molecular weight is 414 g/mol. The first-order valence-corrected chi connectivity index (χ1v) is 10.2. The van der Waals surface area contributed by atoms with Gasteiger partial charge < -0.3 is 18.8 Å². The summed E-state index contributed by atoms with van der Waals surface area (Å²) in [5, 5.41) is 10.5. The number of ether oxygens (including phenoxy) is 1. The van der Waals surface area contributed by atoms with Gasteiger partial charge in [-0.1, -0.05) is 18.2 Å². The number of rotatable bonds is 7. The minimum Gasteiger partial charge on any atom is -0.497 e. The van der Waals surface area contributed by atoms with Crippen LogP contribution in [-0.2, 0) is 27.9 Å². The molecule has 0 spiro atoms. The normalized spacial score (nSPS) is 11.9. The molecule has 2 aromatic heterocycles. The van der Waals surface area contributed by atoms with Crippen LogP contribution in [0.5, 0.6) is 5.75 Å². The van der Waals surface area contributed by atoms with Gasteiger partial charge in [0.1, 0.15) is 17.9 Å². The highest BCUT2D eigenvalue weighted by Crippen LogP contribution is 2.26. The summed E-state index contributed by atoms with van der Waals surface area (Å²) in [7, 11) is -2.38. The summed E-state index contributed by atoms with van der Waals surface area (Å²) in [5.74, 6) is -0.404. The maximum atomic E-state index is 12.7. The van der Waals surface area contributed by atoms with Gasteiger partial charge in [-0.2, -0.15) is 0 Å². The van der Waals surface area contributed by atoms with Crippen LogP contribution in [0.2, 0.25) is 0 Å². The molecule has 0 aliphatic heterocycles. The second kappa shape index (κ2) is 7.26. The highest BCUT2D eigenvalue weighted by atomic mass is 32.2. The molecule has 0 fully saturated rings. The number of para-hydroxylation sites is 1. The Labute approximate surface area is 166 Å². The Morgan fingerprint density at radius 1 is 1.14 bits per heavy atom. The van der Waals surface area contributed by atoms with Gasteiger partial charge in [0.25, 0.3) is 10.0 Å². The van der Waals surface area contributed by atoms with Crippen LogP contribution in [0, 0.1) is 0 Å². The molecule has 0 amide bonds. The lowest BCUT2D eigenvalue weighted by Gasteiger charge is -2.09. The fraction of sp³-hybridized carbons (Fsp3) is 0.150. The summed E-state index contributed by atoms with van der Waals surface area (Å²) >= 11 is 0. The van der Waals surface area contributed by atoms with E-state index in [1.807, 2.05) is 0 Å². The van der Waals surface area contributed by atoms with Gasteiger partial charge in [0.15, 0.2) is 0 Å². The highest BCUT2D eigenvalue weighted by molar-refractivity contribution is 7.89. The van der Waals surface area contributed by atoms with Gasteiger partial charge in [0.05, 0.1) is 13.7 Å². The zero-order valence-corrected chi connectivity index (χ0v) is 16.3. The number of sulfonamides is 1. The van der Waals surface area contributed by atoms with E-state index in [0.717, 1.165) is 5.39 Å². The number of carboxylic acid groups (broad SMARTS) is 1. The van der Waals surface area contributed by atoms with E-state index in [9.17, 15) is 18.3 Å². The molecule has 0 saturated carbocycles. The molecule has 0 aliphatic rings. The number of nitrogens with zero attached hydrogens (tertiary/aromatic N) is 1. The largest absolute Gasteiger partial charge is 0.497 e. The average Bonchev–Trinajstić information content (AvgIpc) is 3.28. The van der Waals surface area contributed by atoms with Crippen LogP contribution < -0.4 is 9.46 Å². The molecule has 0 saturated heterocycles.